The van der Waals surface area contributed by atoms with Gasteiger partial charge in [-0.1, -0.05) is 24.3 Å². The van der Waals surface area contributed by atoms with Gasteiger partial charge in [-0.3, -0.25) is 0 Å². The van der Waals surface area contributed by atoms with Gasteiger partial charge < -0.3 is 10.1 Å². The molecule has 2 aromatic carbocycles. The van der Waals surface area contributed by atoms with Crippen molar-refractivity contribution < 1.29 is 13.5 Å². The summed E-state index contributed by atoms with van der Waals surface area (Å²) >= 11 is 0. The molecule has 2 rings (SSSR count). The highest BCUT2D eigenvalue weighted by molar-refractivity contribution is 5.49. The first-order valence-electron chi connectivity index (χ1n) is 6.55. The van der Waals surface area contributed by atoms with Crippen LogP contribution in [-0.4, -0.2) is 6.61 Å². The van der Waals surface area contributed by atoms with E-state index in [4.69, 9.17) is 4.74 Å². The van der Waals surface area contributed by atoms with Crippen molar-refractivity contribution in [1.82, 2.24) is 0 Å². The minimum atomic E-state index is -0.606. The van der Waals surface area contributed by atoms with Crippen molar-refractivity contribution >= 4 is 5.69 Å². The Bertz CT molecular complexity index is 566. The van der Waals surface area contributed by atoms with E-state index in [9.17, 15) is 8.78 Å². The second-order valence-corrected chi connectivity index (χ2v) is 4.43. The van der Waals surface area contributed by atoms with E-state index in [1.165, 1.54) is 18.2 Å². The smallest absolute Gasteiger partial charge is 0.149 e. The van der Waals surface area contributed by atoms with Crippen LogP contribution >= 0.6 is 0 Å². The van der Waals surface area contributed by atoms with E-state index in [0.29, 0.717) is 12.4 Å². The van der Waals surface area contributed by atoms with Gasteiger partial charge in [0.1, 0.15) is 23.1 Å². The second kappa shape index (κ2) is 6.37. The first kappa shape index (κ1) is 14.3. The lowest BCUT2D eigenvalue weighted by molar-refractivity contribution is 0.335. The molecule has 0 aliphatic rings. The standard InChI is InChI=1S/C16H17F2NO/c1-3-20-15-10-5-4-7-12(15)11(2)19-16-13(17)8-6-9-14(16)18/h4-11,19H,3H2,1-2H3. The third-order valence-electron chi connectivity index (χ3n) is 3.01. The summed E-state index contributed by atoms with van der Waals surface area (Å²) in [5.74, 6) is -0.497. The molecule has 4 heteroatoms. The molecule has 1 unspecified atom stereocenters. The Hall–Kier alpha value is -2.10. The molecule has 0 aliphatic heterocycles. The predicted octanol–water partition coefficient (Wildman–Crippen LogP) is 4.54. The van der Waals surface area contributed by atoms with Crippen molar-refractivity contribution in [2.75, 3.05) is 11.9 Å². The molecule has 0 fully saturated rings. The molecular formula is C16H17F2NO. The summed E-state index contributed by atoms with van der Waals surface area (Å²) < 4.78 is 32.8. The minimum absolute atomic E-state index is 0.119. The number of hydrogen-bond acceptors (Lipinski definition) is 2. The van der Waals surface area contributed by atoms with E-state index in [-0.39, 0.29) is 11.7 Å². The molecule has 0 aromatic heterocycles. The van der Waals surface area contributed by atoms with Crippen molar-refractivity contribution in [3.8, 4) is 5.75 Å². The van der Waals surface area contributed by atoms with Gasteiger partial charge in [-0.05, 0) is 32.0 Å². The molecule has 2 aromatic rings. The van der Waals surface area contributed by atoms with Crippen molar-refractivity contribution in [2.24, 2.45) is 0 Å². The molecule has 0 heterocycles. The average Bonchev–Trinajstić information content (AvgIpc) is 2.44. The van der Waals surface area contributed by atoms with Gasteiger partial charge >= 0.3 is 0 Å². The lowest BCUT2D eigenvalue weighted by Crippen LogP contribution is -2.11. The van der Waals surface area contributed by atoms with E-state index in [2.05, 4.69) is 5.32 Å². The van der Waals surface area contributed by atoms with Crippen LogP contribution in [0.4, 0.5) is 14.5 Å². The Labute approximate surface area is 117 Å². The Morgan fingerprint density at radius 1 is 1.05 bits per heavy atom. The molecule has 2 nitrogen and oxygen atoms in total. The highest BCUT2D eigenvalue weighted by Gasteiger charge is 2.15. The highest BCUT2D eigenvalue weighted by atomic mass is 19.1. The number of halogens is 2. The summed E-state index contributed by atoms with van der Waals surface area (Å²) in [5.41, 5.74) is 0.739. The molecule has 20 heavy (non-hydrogen) atoms. The molecule has 0 spiro atoms. The van der Waals surface area contributed by atoms with E-state index in [1.54, 1.807) is 0 Å². The summed E-state index contributed by atoms with van der Waals surface area (Å²) in [6.07, 6.45) is 0. The molecule has 0 bridgehead atoms. The number of nitrogens with one attached hydrogen (secondary N) is 1. The molecule has 1 N–H and O–H groups in total. The number of rotatable bonds is 5. The fourth-order valence-electron chi connectivity index (χ4n) is 2.06. The van der Waals surface area contributed by atoms with Crippen molar-refractivity contribution in [3.63, 3.8) is 0 Å². The molecule has 1 atom stereocenters. The van der Waals surface area contributed by atoms with E-state index in [1.807, 2.05) is 38.1 Å². The van der Waals surface area contributed by atoms with Gasteiger partial charge in [0, 0.05) is 5.56 Å². The molecule has 0 radical (unpaired) electrons. The van der Waals surface area contributed by atoms with Crippen LogP contribution in [0.15, 0.2) is 42.5 Å². The first-order valence-corrected chi connectivity index (χ1v) is 6.55. The molecule has 106 valence electrons. The number of benzene rings is 2. The largest absolute Gasteiger partial charge is 0.494 e. The lowest BCUT2D eigenvalue weighted by Gasteiger charge is -2.19. The molecule has 0 saturated carbocycles. The summed E-state index contributed by atoms with van der Waals surface area (Å²) in [6.45, 7) is 4.27. The van der Waals surface area contributed by atoms with Gasteiger partial charge in [-0.15, -0.1) is 0 Å². The van der Waals surface area contributed by atoms with Gasteiger partial charge in [0.2, 0.25) is 0 Å². The number of hydrogen-bond donors (Lipinski definition) is 1. The first-order chi connectivity index (χ1) is 9.63. The average molecular weight is 277 g/mol. The summed E-state index contributed by atoms with van der Waals surface area (Å²) in [6, 6.07) is 11.0. The maximum atomic E-state index is 13.6. The van der Waals surface area contributed by atoms with E-state index < -0.39 is 11.6 Å². The van der Waals surface area contributed by atoms with Crippen molar-refractivity contribution in [2.45, 2.75) is 19.9 Å². The topological polar surface area (TPSA) is 21.3 Å². The number of para-hydroxylation sites is 2. The zero-order chi connectivity index (χ0) is 14.5. The van der Waals surface area contributed by atoms with Crippen LogP contribution in [0.25, 0.3) is 0 Å². The Kier molecular flexibility index (Phi) is 4.56. The van der Waals surface area contributed by atoms with Crippen molar-refractivity contribution in [1.29, 1.82) is 0 Å². The zero-order valence-corrected chi connectivity index (χ0v) is 11.5. The molecule has 0 saturated heterocycles. The Balaban J connectivity index is 2.26. The fraction of sp³-hybridized carbons (Fsp3) is 0.250. The number of ether oxygens (including phenoxy) is 1. The Morgan fingerprint density at radius 3 is 2.35 bits per heavy atom. The Morgan fingerprint density at radius 2 is 1.70 bits per heavy atom. The van der Waals surface area contributed by atoms with Crippen LogP contribution in [0.1, 0.15) is 25.5 Å². The maximum Gasteiger partial charge on any atom is 0.149 e. The van der Waals surface area contributed by atoms with Crippen LogP contribution in [0.3, 0.4) is 0 Å². The summed E-state index contributed by atoms with van der Waals surface area (Å²) in [7, 11) is 0. The zero-order valence-electron chi connectivity index (χ0n) is 11.5. The van der Waals surface area contributed by atoms with Crippen LogP contribution in [0, 0.1) is 11.6 Å². The van der Waals surface area contributed by atoms with Gasteiger partial charge in [-0.25, -0.2) is 8.78 Å². The quantitative estimate of drug-likeness (QED) is 0.866. The van der Waals surface area contributed by atoms with Crippen molar-refractivity contribution in [3.05, 3.63) is 59.7 Å². The number of anilines is 1. The molecule has 0 aliphatic carbocycles. The lowest BCUT2D eigenvalue weighted by atomic mass is 10.1. The van der Waals surface area contributed by atoms with Crippen LogP contribution < -0.4 is 10.1 Å². The minimum Gasteiger partial charge on any atom is -0.494 e. The van der Waals surface area contributed by atoms with Gasteiger partial charge in [0.05, 0.1) is 12.6 Å². The van der Waals surface area contributed by atoms with Crippen LogP contribution in [0.5, 0.6) is 5.75 Å². The monoisotopic (exact) mass is 277 g/mol. The van der Waals surface area contributed by atoms with Gasteiger partial charge in [0.25, 0.3) is 0 Å². The SMILES string of the molecule is CCOc1ccccc1C(C)Nc1c(F)cccc1F. The summed E-state index contributed by atoms with van der Waals surface area (Å²) in [4.78, 5) is 0. The predicted molar refractivity (Wildman–Crippen MR) is 76.0 cm³/mol. The van der Waals surface area contributed by atoms with Crippen LogP contribution in [-0.2, 0) is 0 Å². The normalized spacial score (nSPS) is 12.0. The third-order valence-corrected chi connectivity index (χ3v) is 3.01. The van der Waals surface area contributed by atoms with E-state index >= 15 is 0 Å². The van der Waals surface area contributed by atoms with Gasteiger partial charge in [0.15, 0.2) is 0 Å². The van der Waals surface area contributed by atoms with Crippen LogP contribution in [0.2, 0.25) is 0 Å². The summed E-state index contributed by atoms with van der Waals surface area (Å²) in [5, 5.41) is 2.86. The maximum absolute atomic E-state index is 13.6. The van der Waals surface area contributed by atoms with Gasteiger partial charge in [-0.2, -0.15) is 0 Å². The highest BCUT2D eigenvalue weighted by Crippen LogP contribution is 2.29. The molecule has 0 amide bonds. The fourth-order valence-corrected chi connectivity index (χ4v) is 2.06. The molecular weight excluding hydrogens is 260 g/mol. The second-order valence-electron chi connectivity index (χ2n) is 4.43. The van der Waals surface area contributed by atoms with E-state index in [0.717, 1.165) is 5.56 Å². The third kappa shape index (κ3) is 3.07.